The number of carbonyl (C=O) groups excluding carboxylic acids is 2. The molecule has 0 bridgehead atoms. The summed E-state index contributed by atoms with van der Waals surface area (Å²) in [6.07, 6.45) is 1.86. The molecule has 0 aromatic heterocycles. The van der Waals surface area contributed by atoms with Gasteiger partial charge in [-0.2, -0.15) is 0 Å². The Morgan fingerprint density at radius 2 is 2.00 bits per heavy atom. The molecule has 3 N–H and O–H groups in total. The van der Waals surface area contributed by atoms with Gasteiger partial charge in [-0.05, 0) is 33.7 Å². The maximum absolute atomic E-state index is 12.1. The van der Waals surface area contributed by atoms with Crippen molar-refractivity contribution < 1.29 is 18.0 Å². The molecule has 1 fully saturated rings. The molecule has 0 saturated carbocycles. The number of hydrogen-bond donors (Lipinski definition) is 3. The maximum atomic E-state index is 12.1. The second-order valence-electron chi connectivity index (χ2n) is 6.08. The quantitative estimate of drug-likeness (QED) is 0.523. The summed E-state index contributed by atoms with van der Waals surface area (Å²) in [4.78, 5) is 25.3. The van der Waals surface area contributed by atoms with E-state index in [2.05, 4.69) is 15.4 Å². The normalized spacial score (nSPS) is 19.0. The molecule has 2 amide bonds. The molecule has 1 aliphatic heterocycles. The number of amides is 2. The first-order valence-corrected chi connectivity index (χ1v) is 9.60. The van der Waals surface area contributed by atoms with Crippen LogP contribution >= 0.6 is 0 Å². The van der Waals surface area contributed by atoms with E-state index in [0.717, 1.165) is 12.8 Å². The minimum absolute atomic E-state index is 0.0483. The highest BCUT2D eigenvalue weighted by atomic mass is 32.2. The molecule has 1 heterocycles. The van der Waals surface area contributed by atoms with Crippen LogP contribution in [0.15, 0.2) is 0 Å². The van der Waals surface area contributed by atoms with Crippen LogP contribution in [0.1, 0.15) is 33.1 Å². The molecule has 0 spiro atoms. The molecule has 8 nitrogen and oxygen atoms in total. The number of nitrogens with one attached hydrogen (secondary N) is 3. The number of rotatable bonds is 8. The van der Waals surface area contributed by atoms with Crippen LogP contribution in [0.5, 0.6) is 0 Å². The van der Waals surface area contributed by atoms with Gasteiger partial charge in [-0.1, -0.05) is 0 Å². The number of piperidine rings is 1. The van der Waals surface area contributed by atoms with Gasteiger partial charge in [0.05, 0.1) is 12.3 Å². The molecule has 1 unspecified atom stereocenters. The van der Waals surface area contributed by atoms with E-state index in [4.69, 9.17) is 0 Å². The molecule has 134 valence electrons. The van der Waals surface area contributed by atoms with Gasteiger partial charge in [-0.3, -0.25) is 9.59 Å². The second kappa shape index (κ2) is 9.19. The van der Waals surface area contributed by atoms with Crippen molar-refractivity contribution in [3.63, 3.8) is 0 Å². The summed E-state index contributed by atoms with van der Waals surface area (Å²) in [6.45, 7) is 4.56. The summed E-state index contributed by atoms with van der Waals surface area (Å²) in [7, 11) is -1.78. The number of likely N-dealkylation sites (N-methyl/N-ethyl adjacent to an activating group) is 1. The van der Waals surface area contributed by atoms with Crippen molar-refractivity contribution in [2.24, 2.45) is 0 Å². The third kappa shape index (κ3) is 7.76. The smallest absolute Gasteiger partial charge is 0.235 e. The Balaban J connectivity index is 2.37. The first-order valence-electron chi connectivity index (χ1n) is 7.95. The van der Waals surface area contributed by atoms with Gasteiger partial charge in [0.1, 0.15) is 0 Å². The predicted molar refractivity (Wildman–Crippen MR) is 88.3 cm³/mol. The molecule has 23 heavy (non-hydrogen) atoms. The van der Waals surface area contributed by atoms with Gasteiger partial charge < -0.3 is 15.5 Å². The number of carbonyl (C=O) groups is 2. The second-order valence-corrected chi connectivity index (χ2v) is 8.01. The van der Waals surface area contributed by atoms with Crippen molar-refractivity contribution >= 4 is 21.8 Å². The molecule has 1 aliphatic rings. The monoisotopic (exact) mass is 348 g/mol. The summed E-state index contributed by atoms with van der Waals surface area (Å²) in [5, 5.41) is 5.74. The minimum Gasteiger partial charge on any atom is -0.353 e. The number of hydrogen-bond acceptors (Lipinski definition) is 5. The van der Waals surface area contributed by atoms with Crippen molar-refractivity contribution in [2.75, 3.05) is 32.4 Å². The van der Waals surface area contributed by atoms with E-state index in [0.29, 0.717) is 13.1 Å². The topological polar surface area (TPSA) is 108 Å². The highest BCUT2D eigenvalue weighted by Gasteiger charge is 2.24. The van der Waals surface area contributed by atoms with Crippen molar-refractivity contribution in [3.8, 4) is 0 Å². The van der Waals surface area contributed by atoms with Crippen LogP contribution in [0.4, 0.5) is 0 Å². The minimum atomic E-state index is -3.64. The van der Waals surface area contributed by atoms with Crippen LogP contribution in [0.25, 0.3) is 0 Å². The lowest BCUT2D eigenvalue weighted by molar-refractivity contribution is -0.132. The Bertz CT molecular complexity index is 507. The summed E-state index contributed by atoms with van der Waals surface area (Å²) in [5.41, 5.74) is 0. The number of nitrogens with zero attached hydrogens (tertiary/aromatic N) is 1. The van der Waals surface area contributed by atoms with E-state index < -0.39 is 10.0 Å². The summed E-state index contributed by atoms with van der Waals surface area (Å²) < 4.78 is 25.9. The molecule has 0 aliphatic carbocycles. The Hall–Kier alpha value is -1.19. The van der Waals surface area contributed by atoms with Crippen LogP contribution in [-0.4, -0.2) is 69.7 Å². The van der Waals surface area contributed by atoms with Crippen LogP contribution < -0.4 is 15.4 Å². The average Bonchev–Trinajstić information content (AvgIpc) is 2.50. The molecule has 9 heteroatoms. The van der Waals surface area contributed by atoms with Crippen LogP contribution in [0.3, 0.4) is 0 Å². The lowest BCUT2D eigenvalue weighted by atomic mass is 10.1. The van der Waals surface area contributed by atoms with E-state index in [-0.39, 0.29) is 42.6 Å². The van der Waals surface area contributed by atoms with E-state index >= 15 is 0 Å². The highest BCUT2D eigenvalue weighted by molar-refractivity contribution is 7.89. The first kappa shape index (κ1) is 19.9. The molecule has 0 aromatic rings. The molecule has 1 atom stereocenters. The van der Waals surface area contributed by atoms with Gasteiger partial charge >= 0.3 is 0 Å². The fraction of sp³-hybridized carbons (Fsp3) is 0.857. The average molecular weight is 348 g/mol. The van der Waals surface area contributed by atoms with E-state index in [1.807, 2.05) is 7.05 Å². The fourth-order valence-corrected chi connectivity index (χ4v) is 3.38. The first-order chi connectivity index (χ1) is 10.7. The van der Waals surface area contributed by atoms with Crippen molar-refractivity contribution in [1.29, 1.82) is 0 Å². The van der Waals surface area contributed by atoms with Gasteiger partial charge in [0.2, 0.25) is 21.8 Å². The highest BCUT2D eigenvalue weighted by Crippen LogP contribution is 2.11. The fourth-order valence-electron chi connectivity index (χ4n) is 2.44. The SMILES string of the molecule is CNC1CCCN(C(=O)CCS(=O)(=O)NCC(=O)NC(C)C)C1. The van der Waals surface area contributed by atoms with Crippen LogP contribution in [0.2, 0.25) is 0 Å². The molecule has 1 rings (SSSR count). The van der Waals surface area contributed by atoms with Gasteiger partial charge in [0.25, 0.3) is 0 Å². The van der Waals surface area contributed by atoms with Gasteiger partial charge in [0.15, 0.2) is 0 Å². The van der Waals surface area contributed by atoms with Crippen molar-refractivity contribution in [1.82, 2.24) is 20.3 Å². The molecular weight excluding hydrogens is 320 g/mol. The molecule has 0 aromatic carbocycles. The zero-order valence-electron chi connectivity index (χ0n) is 14.1. The van der Waals surface area contributed by atoms with Crippen molar-refractivity contribution in [2.45, 2.75) is 45.2 Å². The van der Waals surface area contributed by atoms with E-state index in [1.165, 1.54) is 0 Å². The Morgan fingerprint density at radius 3 is 2.61 bits per heavy atom. The molecular formula is C14H28N4O4S. The Labute approximate surface area is 138 Å². The number of likely N-dealkylation sites (tertiary alicyclic amines) is 1. The lowest BCUT2D eigenvalue weighted by Gasteiger charge is -2.32. The van der Waals surface area contributed by atoms with Crippen LogP contribution in [-0.2, 0) is 19.6 Å². The molecule has 1 saturated heterocycles. The third-order valence-electron chi connectivity index (χ3n) is 3.67. The zero-order chi connectivity index (χ0) is 17.5. The van der Waals surface area contributed by atoms with Crippen molar-refractivity contribution in [3.05, 3.63) is 0 Å². The zero-order valence-corrected chi connectivity index (χ0v) is 14.9. The standard InChI is InChI=1S/C14H28N4O4S/c1-11(2)17-13(19)9-16-23(21,22)8-6-14(20)18-7-4-5-12(10-18)15-3/h11-12,15-16H,4-10H2,1-3H3,(H,17,19). The summed E-state index contributed by atoms with van der Waals surface area (Å²) in [5.74, 6) is -0.855. The third-order valence-corrected chi connectivity index (χ3v) is 5.00. The Morgan fingerprint density at radius 1 is 1.30 bits per heavy atom. The lowest BCUT2D eigenvalue weighted by Crippen LogP contribution is -2.47. The van der Waals surface area contributed by atoms with E-state index in [9.17, 15) is 18.0 Å². The number of sulfonamides is 1. The van der Waals surface area contributed by atoms with Gasteiger partial charge in [-0.15, -0.1) is 0 Å². The van der Waals surface area contributed by atoms with Gasteiger partial charge in [-0.25, -0.2) is 13.1 Å². The van der Waals surface area contributed by atoms with E-state index in [1.54, 1.807) is 18.7 Å². The maximum Gasteiger partial charge on any atom is 0.235 e. The largest absolute Gasteiger partial charge is 0.353 e. The summed E-state index contributed by atoms with van der Waals surface area (Å²) in [6, 6.07) is 0.218. The molecule has 0 radical (unpaired) electrons. The summed E-state index contributed by atoms with van der Waals surface area (Å²) >= 11 is 0. The Kier molecular flexibility index (Phi) is 7.93. The van der Waals surface area contributed by atoms with Gasteiger partial charge in [0, 0.05) is 31.6 Å². The van der Waals surface area contributed by atoms with Crippen LogP contribution in [0, 0.1) is 0 Å². The predicted octanol–water partition coefficient (Wildman–Crippen LogP) is -0.969.